The van der Waals surface area contributed by atoms with Crippen molar-refractivity contribution in [2.75, 3.05) is 59.4 Å². The van der Waals surface area contributed by atoms with Gasteiger partial charge in [-0.25, -0.2) is 8.42 Å². The Balaban J connectivity index is 1.52. The Morgan fingerprint density at radius 1 is 0.970 bits per heavy atom. The molecule has 1 saturated heterocycles. The van der Waals surface area contributed by atoms with E-state index in [-0.39, 0.29) is 17.2 Å². The number of nitrogens with zero attached hydrogens (tertiary/aromatic N) is 2. The van der Waals surface area contributed by atoms with E-state index >= 15 is 0 Å². The van der Waals surface area contributed by atoms with E-state index in [0.717, 1.165) is 0 Å². The van der Waals surface area contributed by atoms with E-state index < -0.39 is 10.0 Å². The van der Waals surface area contributed by atoms with Gasteiger partial charge in [0.1, 0.15) is 0 Å². The number of sulfonamides is 1. The highest BCUT2D eigenvalue weighted by atomic mass is 35.5. The molecule has 1 aliphatic rings. The fourth-order valence-corrected chi connectivity index (χ4v) is 5.13. The average molecular weight is 498 g/mol. The number of ether oxygens (including phenoxy) is 3. The molecular weight excluding hydrogens is 470 g/mol. The van der Waals surface area contributed by atoms with Crippen LogP contribution in [-0.2, 0) is 14.8 Å². The standard InChI is InChI=1S/C22H28ClN3O6S/c1-30-19-14-17(15-20(31-2)22(19)32-3)24-21(27)8-9-25-10-12-26(13-11-25)33(28,29)18-6-4-16(23)5-7-18/h4-7,14-15H,8-13H2,1-3H3,(H,24,27). The van der Waals surface area contributed by atoms with Crippen LogP contribution in [0.5, 0.6) is 17.2 Å². The Morgan fingerprint density at radius 3 is 2.06 bits per heavy atom. The molecule has 0 aromatic heterocycles. The normalized spacial score (nSPS) is 15.2. The van der Waals surface area contributed by atoms with Gasteiger partial charge in [0.15, 0.2) is 11.5 Å². The third kappa shape index (κ3) is 6.08. The molecule has 2 aromatic carbocycles. The molecule has 0 unspecified atom stereocenters. The van der Waals surface area contributed by atoms with Crippen LogP contribution in [0, 0.1) is 0 Å². The van der Waals surface area contributed by atoms with Crippen LogP contribution >= 0.6 is 11.6 Å². The molecule has 1 fully saturated rings. The fourth-order valence-electron chi connectivity index (χ4n) is 3.59. The van der Waals surface area contributed by atoms with Crippen LogP contribution in [0.25, 0.3) is 0 Å². The SMILES string of the molecule is COc1cc(NC(=O)CCN2CCN(S(=O)(=O)c3ccc(Cl)cc3)CC2)cc(OC)c1OC. The molecule has 0 saturated carbocycles. The first-order valence-corrected chi connectivity index (χ1v) is 12.2. The van der Waals surface area contributed by atoms with Crippen molar-refractivity contribution in [3.8, 4) is 17.2 Å². The molecule has 2 aromatic rings. The van der Waals surface area contributed by atoms with E-state index in [9.17, 15) is 13.2 Å². The van der Waals surface area contributed by atoms with Crippen molar-refractivity contribution in [3.05, 3.63) is 41.4 Å². The van der Waals surface area contributed by atoms with E-state index in [2.05, 4.69) is 10.2 Å². The van der Waals surface area contributed by atoms with Crippen LogP contribution in [0.15, 0.2) is 41.3 Å². The number of nitrogens with one attached hydrogen (secondary N) is 1. The summed E-state index contributed by atoms with van der Waals surface area (Å²) in [4.78, 5) is 14.8. The summed E-state index contributed by atoms with van der Waals surface area (Å²) >= 11 is 5.86. The van der Waals surface area contributed by atoms with Crippen LogP contribution in [0.1, 0.15) is 6.42 Å². The lowest BCUT2D eigenvalue weighted by Gasteiger charge is -2.33. The lowest BCUT2D eigenvalue weighted by atomic mass is 10.2. The van der Waals surface area contributed by atoms with Crippen LogP contribution < -0.4 is 19.5 Å². The third-order valence-electron chi connectivity index (χ3n) is 5.39. The van der Waals surface area contributed by atoms with Gasteiger partial charge >= 0.3 is 0 Å². The molecular formula is C22H28ClN3O6S. The molecule has 0 bridgehead atoms. The minimum absolute atomic E-state index is 0.166. The summed E-state index contributed by atoms with van der Waals surface area (Å²) in [6, 6.07) is 9.49. The molecule has 33 heavy (non-hydrogen) atoms. The summed E-state index contributed by atoms with van der Waals surface area (Å²) in [6.07, 6.45) is 0.264. The second kappa shape index (κ2) is 11.1. The summed E-state index contributed by atoms with van der Waals surface area (Å²) in [5, 5.41) is 3.33. The fraction of sp³-hybridized carbons (Fsp3) is 0.409. The van der Waals surface area contributed by atoms with E-state index in [0.29, 0.717) is 60.7 Å². The maximum absolute atomic E-state index is 12.8. The number of benzene rings is 2. The van der Waals surface area contributed by atoms with Crippen LogP contribution in [-0.4, -0.2) is 77.6 Å². The van der Waals surface area contributed by atoms with Gasteiger partial charge < -0.3 is 24.4 Å². The molecule has 11 heteroatoms. The molecule has 0 spiro atoms. The van der Waals surface area contributed by atoms with Crippen molar-refractivity contribution in [2.45, 2.75) is 11.3 Å². The zero-order valence-corrected chi connectivity index (χ0v) is 20.4. The molecule has 1 heterocycles. The van der Waals surface area contributed by atoms with Gasteiger partial charge in [-0.05, 0) is 24.3 Å². The van der Waals surface area contributed by atoms with E-state index in [1.54, 1.807) is 24.3 Å². The van der Waals surface area contributed by atoms with Gasteiger partial charge in [0.2, 0.25) is 21.7 Å². The number of rotatable bonds is 9. The molecule has 1 amide bonds. The number of amides is 1. The predicted molar refractivity (Wildman–Crippen MR) is 126 cm³/mol. The first-order chi connectivity index (χ1) is 15.8. The van der Waals surface area contributed by atoms with Gasteiger partial charge in [-0.2, -0.15) is 4.31 Å². The Bertz CT molecular complexity index is 1050. The summed E-state index contributed by atoms with van der Waals surface area (Å²) in [5.74, 6) is 1.18. The molecule has 0 radical (unpaired) electrons. The van der Waals surface area contributed by atoms with Crippen molar-refractivity contribution in [1.82, 2.24) is 9.21 Å². The largest absolute Gasteiger partial charge is 0.493 e. The molecule has 0 aliphatic carbocycles. The number of methoxy groups -OCH3 is 3. The minimum Gasteiger partial charge on any atom is -0.493 e. The first-order valence-electron chi connectivity index (χ1n) is 10.4. The van der Waals surface area contributed by atoms with E-state index in [1.807, 2.05) is 0 Å². The lowest BCUT2D eigenvalue weighted by molar-refractivity contribution is -0.116. The maximum atomic E-state index is 12.8. The highest BCUT2D eigenvalue weighted by molar-refractivity contribution is 7.89. The maximum Gasteiger partial charge on any atom is 0.243 e. The van der Waals surface area contributed by atoms with E-state index in [4.69, 9.17) is 25.8 Å². The zero-order valence-electron chi connectivity index (χ0n) is 18.8. The number of hydrogen-bond donors (Lipinski definition) is 1. The minimum atomic E-state index is -3.56. The molecule has 3 rings (SSSR count). The average Bonchev–Trinajstić information content (AvgIpc) is 2.82. The van der Waals surface area contributed by atoms with Gasteiger partial charge in [0.05, 0.1) is 26.2 Å². The Labute approximate surface area is 199 Å². The highest BCUT2D eigenvalue weighted by Crippen LogP contribution is 2.39. The summed E-state index contributed by atoms with van der Waals surface area (Å²) < 4.78 is 43.0. The number of hydrogen-bond acceptors (Lipinski definition) is 7. The monoisotopic (exact) mass is 497 g/mol. The van der Waals surface area contributed by atoms with Crippen LogP contribution in [0.4, 0.5) is 5.69 Å². The van der Waals surface area contributed by atoms with E-state index in [1.165, 1.54) is 37.8 Å². The number of carbonyl (C=O) groups is 1. The van der Waals surface area contributed by atoms with Crippen molar-refractivity contribution in [2.24, 2.45) is 0 Å². The second-order valence-electron chi connectivity index (χ2n) is 7.41. The number of carbonyl (C=O) groups excluding carboxylic acids is 1. The van der Waals surface area contributed by atoms with Gasteiger partial charge in [-0.15, -0.1) is 0 Å². The molecule has 1 aliphatic heterocycles. The Morgan fingerprint density at radius 2 is 1.55 bits per heavy atom. The second-order valence-corrected chi connectivity index (χ2v) is 9.79. The van der Waals surface area contributed by atoms with Crippen molar-refractivity contribution >= 4 is 33.2 Å². The molecule has 1 N–H and O–H groups in total. The third-order valence-corrected chi connectivity index (χ3v) is 7.55. The Kier molecular flexibility index (Phi) is 8.41. The van der Waals surface area contributed by atoms with Crippen molar-refractivity contribution in [1.29, 1.82) is 0 Å². The highest BCUT2D eigenvalue weighted by Gasteiger charge is 2.28. The quantitative estimate of drug-likeness (QED) is 0.568. The molecule has 9 nitrogen and oxygen atoms in total. The van der Waals surface area contributed by atoms with Crippen LogP contribution in [0.2, 0.25) is 5.02 Å². The van der Waals surface area contributed by atoms with Gasteiger partial charge in [0.25, 0.3) is 0 Å². The number of piperazine rings is 1. The van der Waals surface area contributed by atoms with Crippen LogP contribution in [0.3, 0.4) is 0 Å². The van der Waals surface area contributed by atoms with Crippen molar-refractivity contribution in [3.63, 3.8) is 0 Å². The van der Waals surface area contributed by atoms with Gasteiger partial charge in [0, 0.05) is 62.0 Å². The summed E-state index contributed by atoms with van der Waals surface area (Å²) in [5.41, 5.74) is 0.536. The van der Waals surface area contributed by atoms with Crippen molar-refractivity contribution < 1.29 is 27.4 Å². The van der Waals surface area contributed by atoms with Gasteiger partial charge in [-0.3, -0.25) is 4.79 Å². The zero-order chi connectivity index (χ0) is 24.0. The molecule has 180 valence electrons. The smallest absolute Gasteiger partial charge is 0.243 e. The Hall–Kier alpha value is -2.53. The topological polar surface area (TPSA) is 97.4 Å². The lowest BCUT2D eigenvalue weighted by Crippen LogP contribution is -2.49. The number of anilines is 1. The predicted octanol–water partition coefficient (Wildman–Crippen LogP) is 2.70. The number of halogens is 1. The summed E-state index contributed by atoms with van der Waals surface area (Å²) in [6.45, 7) is 2.33. The first kappa shape index (κ1) is 25.1. The van der Waals surface area contributed by atoms with Gasteiger partial charge in [-0.1, -0.05) is 11.6 Å². The summed E-state index contributed by atoms with van der Waals surface area (Å²) in [7, 11) is 0.974. The molecule has 0 atom stereocenters.